The Bertz CT molecular complexity index is 604. The van der Waals surface area contributed by atoms with Crippen molar-refractivity contribution in [1.82, 2.24) is 9.78 Å². The Morgan fingerprint density at radius 3 is 2.85 bits per heavy atom. The molecule has 0 spiro atoms. The summed E-state index contributed by atoms with van der Waals surface area (Å²) >= 11 is 13.0. The zero-order valence-electron chi connectivity index (χ0n) is 10.7. The Balaban J connectivity index is 2.37. The lowest BCUT2D eigenvalue weighted by Crippen LogP contribution is -2.14. The summed E-state index contributed by atoms with van der Waals surface area (Å²) in [5, 5.41) is 15.2. The molecule has 0 saturated heterocycles. The van der Waals surface area contributed by atoms with Crippen LogP contribution in [0.4, 0.5) is 0 Å². The number of aliphatic hydroxyl groups excluding tert-OH is 1. The SMILES string of the molecule is COCCn1ncc(Cl)c1C(O)c1ccc(Br)cc1Br. The molecular weight excluding hydrogens is 411 g/mol. The summed E-state index contributed by atoms with van der Waals surface area (Å²) in [6.07, 6.45) is 0.673. The van der Waals surface area contributed by atoms with Gasteiger partial charge in [-0.2, -0.15) is 5.10 Å². The lowest BCUT2D eigenvalue weighted by molar-refractivity contribution is 0.171. The third-order valence-corrected chi connectivity index (χ3v) is 4.33. The zero-order chi connectivity index (χ0) is 14.7. The fourth-order valence-corrected chi connectivity index (χ4v) is 3.38. The fourth-order valence-electron chi connectivity index (χ4n) is 1.87. The summed E-state index contributed by atoms with van der Waals surface area (Å²) in [7, 11) is 1.62. The van der Waals surface area contributed by atoms with Crippen molar-refractivity contribution in [1.29, 1.82) is 0 Å². The average Bonchev–Trinajstić information content (AvgIpc) is 2.77. The molecule has 108 valence electrons. The van der Waals surface area contributed by atoms with Gasteiger partial charge in [-0.15, -0.1) is 0 Å². The molecule has 0 saturated carbocycles. The molecule has 1 unspecified atom stereocenters. The minimum Gasteiger partial charge on any atom is -0.383 e. The van der Waals surface area contributed by atoms with E-state index in [0.29, 0.717) is 23.9 Å². The molecule has 1 aromatic heterocycles. The number of hydrogen-bond acceptors (Lipinski definition) is 3. The summed E-state index contributed by atoms with van der Waals surface area (Å²) in [5.74, 6) is 0. The highest BCUT2D eigenvalue weighted by atomic mass is 79.9. The van der Waals surface area contributed by atoms with Gasteiger partial charge in [0.15, 0.2) is 0 Å². The molecule has 1 atom stereocenters. The van der Waals surface area contributed by atoms with E-state index in [1.54, 1.807) is 11.8 Å². The number of aliphatic hydroxyl groups is 1. The number of aromatic nitrogens is 2. The van der Waals surface area contributed by atoms with Crippen LogP contribution in [-0.2, 0) is 11.3 Å². The maximum atomic E-state index is 10.6. The first-order valence-corrected chi connectivity index (χ1v) is 7.84. The molecule has 1 heterocycles. The van der Waals surface area contributed by atoms with Gasteiger partial charge in [0.1, 0.15) is 6.10 Å². The van der Waals surface area contributed by atoms with E-state index in [1.165, 1.54) is 6.20 Å². The molecule has 0 aliphatic carbocycles. The van der Waals surface area contributed by atoms with Gasteiger partial charge in [-0.25, -0.2) is 0 Å². The summed E-state index contributed by atoms with van der Waals surface area (Å²) in [6.45, 7) is 1.03. The predicted molar refractivity (Wildman–Crippen MR) is 85.0 cm³/mol. The monoisotopic (exact) mass is 422 g/mol. The molecule has 2 rings (SSSR count). The molecular formula is C13H13Br2ClN2O2. The second kappa shape index (κ2) is 7.04. The first kappa shape index (κ1) is 16.0. The Hall–Kier alpha value is -0.400. The van der Waals surface area contributed by atoms with Crippen LogP contribution in [0.3, 0.4) is 0 Å². The van der Waals surface area contributed by atoms with Crippen LogP contribution >= 0.6 is 43.5 Å². The largest absolute Gasteiger partial charge is 0.383 e. The first-order valence-electron chi connectivity index (χ1n) is 5.87. The quantitative estimate of drug-likeness (QED) is 0.795. The van der Waals surface area contributed by atoms with Crippen LogP contribution in [-0.4, -0.2) is 28.6 Å². The molecule has 7 heteroatoms. The van der Waals surface area contributed by atoms with Gasteiger partial charge in [-0.05, 0) is 12.1 Å². The molecule has 2 aromatic rings. The predicted octanol–water partition coefficient (Wildman–Crippen LogP) is 3.79. The molecule has 0 amide bonds. The van der Waals surface area contributed by atoms with E-state index in [4.69, 9.17) is 16.3 Å². The third kappa shape index (κ3) is 3.43. The number of rotatable bonds is 5. The van der Waals surface area contributed by atoms with Crippen molar-refractivity contribution in [2.45, 2.75) is 12.6 Å². The smallest absolute Gasteiger partial charge is 0.123 e. The van der Waals surface area contributed by atoms with Crippen LogP contribution in [0, 0.1) is 0 Å². The zero-order valence-corrected chi connectivity index (χ0v) is 14.6. The van der Waals surface area contributed by atoms with Crippen LogP contribution < -0.4 is 0 Å². The molecule has 0 aliphatic heterocycles. The number of methoxy groups -OCH3 is 1. The van der Waals surface area contributed by atoms with Crippen LogP contribution in [0.5, 0.6) is 0 Å². The molecule has 0 aliphatic rings. The molecule has 4 nitrogen and oxygen atoms in total. The Kier molecular flexibility index (Phi) is 5.63. The van der Waals surface area contributed by atoms with Gasteiger partial charge in [0.05, 0.1) is 30.1 Å². The van der Waals surface area contributed by atoms with E-state index in [0.717, 1.165) is 14.5 Å². The molecule has 20 heavy (non-hydrogen) atoms. The van der Waals surface area contributed by atoms with Crippen LogP contribution in [0.25, 0.3) is 0 Å². The highest BCUT2D eigenvalue weighted by Crippen LogP contribution is 2.33. The van der Waals surface area contributed by atoms with Crippen molar-refractivity contribution >= 4 is 43.5 Å². The topological polar surface area (TPSA) is 47.3 Å². The van der Waals surface area contributed by atoms with Crippen LogP contribution in [0.2, 0.25) is 5.02 Å². The van der Waals surface area contributed by atoms with E-state index >= 15 is 0 Å². The number of nitrogens with zero attached hydrogens (tertiary/aromatic N) is 2. The van der Waals surface area contributed by atoms with Crippen LogP contribution in [0.1, 0.15) is 17.4 Å². The number of benzene rings is 1. The first-order chi connectivity index (χ1) is 9.54. The van der Waals surface area contributed by atoms with Gasteiger partial charge in [-0.3, -0.25) is 4.68 Å². The molecule has 0 radical (unpaired) electrons. The summed E-state index contributed by atoms with van der Waals surface area (Å²) < 4.78 is 8.42. The van der Waals surface area contributed by atoms with E-state index in [9.17, 15) is 5.11 Å². The van der Waals surface area contributed by atoms with Gasteiger partial charge in [0.25, 0.3) is 0 Å². The second-order valence-electron chi connectivity index (χ2n) is 4.16. The lowest BCUT2D eigenvalue weighted by atomic mass is 10.1. The Morgan fingerprint density at radius 2 is 2.20 bits per heavy atom. The van der Waals surface area contributed by atoms with E-state index < -0.39 is 6.10 Å². The van der Waals surface area contributed by atoms with Gasteiger partial charge >= 0.3 is 0 Å². The van der Waals surface area contributed by atoms with Gasteiger partial charge in [-0.1, -0.05) is 49.5 Å². The van der Waals surface area contributed by atoms with E-state index in [1.807, 2.05) is 18.2 Å². The minimum atomic E-state index is -0.857. The molecule has 1 N–H and O–H groups in total. The second-order valence-corrected chi connectivity index (χ2v) is 6.34. The Labute approximate surface area is 139 Å². The molecule has 0 bridgehead atoms. The van der Waals surface area contributed by atoms with Crippen molar-refractivity contribution in [2.24, 2.45) is 0 Å². The minimum absolute atomic E-state index is 0.434. The van der Waals surface area contributed by atoms with Crippen molar-refractivity contribution in [2.75, 3.05) is 13.7 Å². The van der Waals surface area contributed by atoms with Crippen molar-refractivity contribution in [3.63, 3.8) is 0 Å². The van der Waals surface area contributed by atoms with Crippen LogP contribution in [0.15, 0.2) is 33.3 Å². The van der Waals surface area contributed by atoms with E-state index in [-0.39, 0.29) is 0 Å². The summed E-state index contributed by atoms with van der Waals surface area (Å²) in [6, 6.07) is 5.58. The lowest BCUT2D eigenvalue weighted by Gasteiger charge is -2.16. The van der Waals surface area contributed by atoms with E-state index in [2.05, 4.69) is 37.0 Å². The Morgan fingerprint density at radius 1 is 1.45 bits per heavy atom. The molecule has 0 fully saturated rings. The number of halogens is 3. The molecule has 1 aromatic carbocycles. The normalized spacial score (nSPS) is 12.7. The van der Waals surface area contributed by atoms with Gasteiger partial charge in [0, 0.05) is 21.6 Å². The maximum Gasteiger partial charge on any atom is 0.123 e. The standard InChI is InChI=1S/C13H13Br2ClN2O2/c1-20-5-4-18-12(11(16)7-17-18)13(19)9-3-2-8(14)6-10(9)15/h2-3,6-7,13,19H,4-5H2,1H3. The average molecular weight is 425 g/mol. The third-order valence-electron chi connectivity index (χ3n) is 2.86. The summed E-state index contributed by atoms with van der Waals surface area (Å²) in [5.41, 5.74) is 1.29. The summed E-state index contributed by atoms with van der Waals surface area (Å²) in [4.78, 5) is 0. The van der Waals surface area contributed by atoms with Crippen molar-refractivity contribution in [3.05, 3.63) is 49.6 Å². The van der Waals surface area contributed by atoms with Crippen molar-refractivity contribution < 1.29 is 9.84 Å². The van der Waals surface area contributed by atoms with Gasteiger partial charge in [0.2, 0.25) is 0 Å². The van der Waals surface area contributed by atoms with Gasteiger partial charge < -0.3 is 9.84 Å². The highest BCUT2D eigenvalue weighted by Gasteiger charge is 2.21. The highest BCUT2D eigenvalue weighted by molar-refractivity contribution is 9.11. The maximum absolute atomic E-state index is 10.6. The number of hydrogen-bond donors (Lipinski definition) is 1. The number of ether oxygens (including phenoxy) is 1. The fraction of sp³-hybridized carbons (Fsp3) is 0.308. The van der Waals surface area contributed by atoms with Crippen molar-refractivity contribution in [3.8, 4) is 0 Å².